The second-order valence-electron chi connectivity index (χ2n) is 4.72. The molecule has 1 aliphatic heterocycles. The van der Waals surface area contributed by atoms with Gasteiger partial charge in [0.05, 0.1) is 32.1 Å². The molecule has 0 aromatic heterocycles. The summed E-state index contributed by atoms with van der Waals surface area (Å²) in [6.45, 7) is 1.20. The largest absolute Gasteiger partial charge is 0.481 e. The Hall–Kier alpha value is -1.40. The van der Waals surface area contributed by atoms with Gasteiger partial charge in [0.1, 0.15) is 0 Å². The monoisotopic (exact) mass is 341 g/mol. The van der Waals surface area contributed by atoms with E-state index in [0.29, 0.717) is 19.8 Å². The number of morpholine rings is 1. The van der Waals surface area contributed by atoms with Crippen LogP contribution < -0.4 is 0 Å². The van der Waals surface area contributed by atoms with Crippen molar-refractivity contribution in [2.75, 3.05) is 19.8 Å². The Morgan fingerprint density at radius 3 is 2.70 bits per heavy atom. The highest BCUT2D eigenvalue weighted by Crippen LogP contribution is 2.15. The summed E-state index contributed by atoms with van der Waals surface area (Å²) in [7, 11) is 0. The number of carboxylic acids is 1. The summed E-state index contributed by atoms with van der Waals surface area (Å²) in [5.74, 6) is -0.969. The van der Waals surface area contributed by atoms with Crippen molar-refractivity contribution in [2.24, 2.45) is 0 Å². The maximum atomic E-state index is 12.3. The Labute approximate surface area is 125 Å². The van der Waals surface area contributed by atoms with Crippen LogP contribution in [0.2, 0.25) is 0 Å². The first-order chi connectivity index (χ1) is 9.56. The van der Waals surface area contributed by atoms with Gasteiger partial charge in [-0.2, -0.15) is 0 Å². The summed E-state index contributed by atoms with van der Waals surface area (Å²) in [6.07, 6.45) is 0.204. The van der Waals surface area contributed by atoms with Gasteiger partial charge in [0.2, 0.25) is 5.91 Å². The summed E-state index contributed by atoms with van der Waals surface area (Å²) < 4.78 is 6.23. The summed E-state index contributed by atoms with van der Waals surface area (Å²) in [5.41, 5.74) is 0.916. The van der Waals surface area contributed by atoms with Gasteiger partial charge < -0.3 is 14.7 Å². The van der Waals surface area contributed by atoms with Crippen molar-refractivity contribution in [3.63, 3.8) is 0 Å². The zero-order valence-corrected chi connectivity index (χ0v) is 12.5. The van der Waals surface area contributed by atoms with Crippen molar-refractivity contribution in [3.8, 4) is 0 Å². The van der Waals surface area contributed by atoms with Crippen LogP contribution in [-0.2, 0) is 20.7 Å². The molecule has 1 N–H and O–H groups in total. The average Bonchev–Trinajstić information content (AvgIpc) is 2.41. The lowest BCUT2D eigenvalue weighted by Gasteiger charge is -2.35. The fourth-order valence-electron chi connectivity index (χ4n) is 2.23. The summed E-state index contributed by atoms with van der Waals surface area (Å²) >= 11 is 3.35. The maximum absolute atomic E-state index is 12.3. The van der Waals surface area contributed by atoms with Gasteiger partial charge in [-0.1, -0.05) is 28.1 Å². The Morgan fingerprint density at radius 1 is 1.35 bits per heavy atom. The molecule has 1 unspecified atom stereocenters. The van der Waals surface area contributed by atoms with Crippen molar-refractivity contribution in [2.45, 2.75) is 18.9 Å². The van der Waals surface area contributed by atoms with E-state index in [0.717, 1.165) is 10.0 Å². The summed E-state index contributed by atoms with van der Waals surface area (Å²) in [4.78, 5) is 24.8. The van der Waals surface area contributed by atoms with Crippen LogP contribution in [0.4, 0.5) is 0 Å². The second kappa shape index (κ2) is 6.85. The summed E-state index contributed by atoms with van der Waals surface area (Å²) in [5, 5.41) is 8.89. The first-order valence-electron chi connectivity index (χ1n) is 6.39. The fourth-order valence-corrected chi connectivity index (χ4v) is 2.50. The van der Waals surface area contributed by atoms with Gasteiger partial charge in [-0.15, -0.1) is 0 Å². The van der Waals surface area contributed by atoms with E-state index in [9.17, 15) is 9.59 Å². The molecule has 1 atom stereocenters. The third-order valence-corrected chi connectivity index (χ3v) is 3.76. The first kappa shape index (κ1) is 15.0. The molecule has 1 amide bonds. The van der Waals surface area contributed by atoms with Crippen LogP contribution >= 0.6 is 15.9 Å². The van der Waals surface area contributed by atoms with Crippen LogP contribution in [0.1, 0.15) is 12.0 Å². The van der Waals surface area contributed by atoms with Crippen LogP contribution in [0.5, 0.6) is 0 Å². The summed E-state index contributed by atoms with van der Waals surface area (Å²) in [6, 6.07) is 7.17. The molecule has 6 heteroatoms. The van der Waals surface area contributed by atoms with Crippen molar-refractivity contribution in [1.29, 1.82) is 0 Å². The Bertz CT molecular complexity index is 488. The lowest BCUT2D eigenvalue weighted by Crippen LogP contribution is -2.50. The predicted molar refractivity (Wildman–Crippen MR) is 76.4 cm³/mol. The topological polar surface area (TPSA) is 66.8 Å². The van der Waals surface area contributed by atoms with Gasteiger partial charge in [-0.25, -0.2) is 0 Å². The number of rotatable bonds is 4. The van der Waals surface area contributed by atoms with E-state index in [2.05, 4.69) is 15.9 Å². The normalized spacial score (nSPS) is 18.9. The second-order valence-corrected chi connectivity index (χ2v) is 5.63. The number of carboxylic acid groups (broad SMARTS) is 1. The molecule has 0 saturated carbocycles. The minimum Gasteiger partial charge on any atom is -0.481 e. The van der Waals surface area contributed by atoms with Gasteiger partial charge >= 0.3 is 5.97 Å². The lowest BCUT2D eigenvalue weighted by molar-refractivity contribution is -0.145. The minimum atomic E-state index is -0.915. The van der Waals surface area contributed by atoms with Crippen LogP contribution in [0.15, 0.2) is 28.7 Å². The molecule has 2 rings (SSSR count). The number of hydrogen-bond donors (Lipinski definition) is 1. The Morgan fingerprint density at radius 2 is 2.05 bits per heavy atom. The maximum Gasteiger partial charge on any atom is 0.305 e. The molecule has 1 fully saturated rings. The van der Waals surface area contributed by atoms with Gasteiger partial charge in [0.25, 0.3) is 0 Å². The highest BCUT2D eigenvalue weighted by molar-refractivity contribution is 9.10. The molecule has 1 aliphatic rings. The fraction of sp³-hybridized carbons (Fsp3) is 0.429. The van der Waals surface area contributed by atoms with Crippen LogP contribution in [0.25, 0.3) is 0 Å². The number of benzene rings is 1. The number of hydrogen-bond acceptors (Lipinski definition) is 3. The molecule has 1 aromatic rings. The van der Waals surface area contributed by atoms with E-state index >= 15 is 0 Å². The van der Waals surface area contributed by atoms with Crippen molar-refractivity contribution in [3.05, 3.63) is 34.3 Å². The number of carbonyl (C=O) groups is 2. The first-order valence-corrected chi connectivity index (χ1v) is 7.19. The smallest absolute Gasteiger partial charge is 0.305 e. The standard InChI is InChI=1S/C14H16BrNO4/c15-11-3-1-10(2-4-11)7-13(17)16-5-6-20-9-12(16)8-14(18)19/h1-4,12H,5-9H2,(H,18,19). The molecule has 1 saturated heterocycles. The van der Waals surface area contributed by atoms with E-state index in [4.69, 9.17) is 9.84 Å². The molecule has 0 aliphatic carbocycles. The molecule has 108 valence electrons. The molecular formula is C14H16BrNO4. The third-order valence-electron chi connectivity index (χ3n) is 3.23. The predicted octanol–water partition coefficient (Wildman–Crippen LogP) is 1.69. The molecule has 0 bridgehead atoms. The quantitative estimate of drug-likeness (QED) is 0.904. The lowest BCUT2D eigenvalue weighted by atomic mass is 10.1. The molecular weight excluding hydrogens is 326 g/mol. The van der Waals surface area contributed by atoms with Crippen LogP contribution in [0, 0.1) is 0 Å². The number of aliphatic carboxylic acids is 1. The molecule has 0 spiro atoms. The number of ether oxygens (including phenoxy) is 1. The molecule has 1 heterocycles. The number of nitrogens with zero attached hydrogens (tertiary/aromatic N) is 1. The van der Waals surface area contributed by atoms with Gasteiger partial charge in [0.15, 0.2) is 0 Å². The highest BCUT2D eigenvalue weighted by Gasteiger charge is 2.28. The minimum absolute atomic E-state index is 0.0538. The van der Waals surface area contributed by atoms with Gasteiger partial charge in [-0.05, 0) is 17.7 Å². The van der Waals surface area contributed by atoms with Crippen LogP contribution in [-0.4, -0.2) is 47.7 Å². The van der Waals surface area contributed by atoms with Crippen molar-refractivity contribution in [1.82, 2.24) is 4.90 Å². The zero-order chi connectivity index (χ0) is 14.5. The zero-order valence-electron chi connectivity index (χ0n) is 10.9. The SMILES string of the molecule is O=C(O)CC1COCCN1C(=O)Cc1ccc(Br)cc1. The Balaban J connectivity index is 2.01. The van der Waals surface area contributed by atoms with Gasteiger partial charge in [0, 0.05) is 11.0 Å². The number of amides is 1. The van der Waals surface area contributed by atoms with Gasteiger partial charge in [-0.3, -0.25) is 9.59 Å². The molecule has 0 radical (unpaired) electrons. The van der Waals surface area contributed by atoms with Crippen molar-refractivity contribution >= 4 is 27.8 Å². The molecule has 5 nitrogen and oxygen atoms in total. The molecule has 20 heavy (non-hydrogen) atoms. The van der Waals surface area contributed by atoms with E-state index in [1.165, 1.54) is 0 Å². The van der Waals surface area contributed by atoms with Crippen LogP contribution in [0.3, 0.4) is 0 Å². The highest BCUT2D eigenvalue weighted by atomic mass is 79.9. The number of halogens is 1. The molecule has 1 aromatic carbocycles. The average molecular weight is 342 g/mol. The number of carbonyl (C=O) groups excluding carboxylic acids is 1. The van der Waals surface area contributed by atoms with Crippen molar-refractivity contribution < 1.29 is 19.4 Å². The third kappa shape index (κ3) is 4.05. The Kier molecular flexibility index (Phi) is 5.14. The van der Waals surface area contributed by atoms with E-state index in [1.54, 1.807) is 4.90 Å². The van der Waals surface area contributed by atoms with E-state index in [-0.39, 0.29) is 24.8 Å². The van der Waals surface area contributed by atoms with E-state index < -0.39 is 5.97 Å². The van der Waals surface area contributed by atoms with E-state index in [1.807, 2.05) is 24.3 Å².